The Morgan fingerprint density at radius 1 is 1.21 bits per heavy atom. The predicted octanol–water partition coefficient (Wildman–Crippen LogP) is 3.71. The van der Waals surface area contributed by atoms with Crippen LogP contribution in [0.15, 0.2) is 35.1 Å². The average Bonchev–Trinajstić information content (AvgIpc) is 2.33. The molecule has 1 aromatic heterocycles. The van der Waals surface area contributed by atoms with Crippen LogP contribution in [0.5, 0.6) is 0 Å². The number of aryl methyl sites for hydroxylation is 1. The Labute approximate surface area is 118 Å². The van der Waals surface area contributed by atoms with E-state index in [1.54, 1.807) is 18.5 Å². The van der Waals surface area contributed by atoms with Gasteiger partial charge in [0.05, 0.1) is 6.10 Å². The van der Waals surface area contributed by atoms with Crippen LogP contribution >= 0.6 is 15.9 Å². The number of aliphatic hydroxyl groups is 1. The van der Waals surface area contributed by atoms with E-state index in [4.69, 9.17) is 0 Å². The second-order valence-electron chi connectivity index (χ2n) is 4.35. The molecule has 2 aromatic rings. The van der Waals surface area contributed by atoms with Crippen molar-refractivity contribution in [1.82, 2.24) is 4.98 Å². The van der Waals surface area contributed by atoms with Gasteiger partial charge in [-0.3, -0.25) is 4.98 Å². The average molecular weight is 328 g/mol. The fourth-order valence-electron chi connectivity index (χ4n) is 1.84. The highest BCUT2D eigenvalue weighted by Crippen LogP contribution is 2.24. The number of aromatic nitrogens is 1. The summed E-state index contributed by atoms with van der Waals surface area (Å²) in [5, 5.41) is 10.1. The van der Waals surface area contributed by atoms with Crippen molar-refractivity contribution in [3.05, 3.63) is 63.4 Å². The summed E-state index contributed by atoms with van der Waals surface area (Å²) in [4.78, 5) is 3.97. The van der Waals surface area contributed by atoms with Crippen molar-refractivity contribution in [3.8, 4) is 0 Å². The second kappa shape index (κ2) is 5.75. The summed E-state index contributed by atoms with van der Waals surface area (Å²) in [6.45, 7) is 1.53. The molecule has 0 aliphatic heterocycles. The van der Waals surface area contributed by atoms with E-state index in [-0.39, 0.29) is 12.0 Å². The number of aliphatic hydroxyl groups excluding tert-OH is 1. The largest absolute Gasteiger partial charge is 0.388 e. The molecule has 0 fully saturated rings. The maximum Gasteiger partial charge on any atom is 0.131 e. The first-order chi connectivity index (χ1) is 8.97. The molecule has 0 spiro atoms. The van der Waals surface area contributed by atoms with Crippen molar-refractivity contribution in [2.45, 2.75) is 19.4 Å². The molecule has 100 valence electrons. The van der Waals surface area contributed by atoms with Crippen LogP contribution in [0.1, 0.15) is 22.8 Å². The molecule has 2 rings (SSSR count). The Balaban J connectivity index is 2.25. The zero-order valence-electron chi connectivity index (χ0n) is 10.2. The van der Waals surface area contributed by atoms with Gasteiger partial charge in [0, 0.05) is 34.9 Å². The Morgan fingerprint density at radius 3 is 2.63 bits per heavy atom. The third-order valence-corrected chi connectivity index (χ3v) is 3.26. The molecule has 1 aromatic carbocycles. The fourth-order valence-corrected chi connectivity index (χ4v) is 2.25. The van der Waals surface area contributed by atoms with Gasteiger partial charge < -0.3 is 5.11 Å². The van der Waals surface area contributed by atoms with Gasteiger partial charge in [-0.25, -0.2) is 8.78 Å². The van der Waals surface area contributed by atoms with Crippen molar-refractivity contribution in [2.24, 2.45) is 0 Å². The molecule has 0 bridgehead atoms. The van der Waals surface area contributed by atoms with Gasteiger partial charge in [0.2, 0.25) is 0 Å². The second-order valence-corrected chi connectivity index (χ2v) is 5.27. The molecule has 5 heteroatoms. The third-order valence-electron chi connectivity index (χ3n) is 2.83. The number of hydrogen-bond donors (Lipinski definition) is 1. The number of rotatable bonds is 3. The molecule has 0 aliphatic rings. The maximum absolute atomic E-state index is 13.6. The molecular weight excluding hydrogens is 316 g/mol. The van der Waals surface area contributed by atoms with Crippen LogP contribution in [-0.2, 0) is 6.42 Å². The van der Waals surface area contributed by atoms with Gasteiger partial charge in [0.15, 0.2) is 0 Å². The van der Waals surface area contributed by atoms with Crippen molar-refractivity contribution in [1.29, 1.82) is 0 Å². The SMILES string of the molecule is Cc1cc(C(O)Cc2cncc(Br)c2)c(F)cc1F. The van der Waals surface area contributed by atoms with E-state index < -0.39 is 17.7 Å². The highest BCUT2D eigenvalue weighted by atomic mass is 79.9. The standard InChI is InChI=1S/C14H12BrF2NO/c1-8-2-11(13(17)5-12(8)16)14(19)4-9-3-10(15)7-18-6-9/h2-3,5-7,14,19H,4H2,1H3. The van der Waals surface area contributed by atoms with Crippen LogP contribution in [-0.4, -0.2) is 10.1 Å². The molecule has 1 N–H and O–H groups in total. The Morgan fingerprint density at radius 2 is 1.95 bits per heavy atom. The summed E-state index contributed by atoms with van der Waals surface area (Å²) in [5.74, 6) is -1.35. The highest BCUT2D eigenvalue weighted by molar-refractivity contribution is 9.10. The Kier molecular flexibility index (Phi) is 4.27. The van der Waals surface area contributed by atoms with E-state index in [0.29, 0.717) is 5.56 Å². The monoisotopic (exact) mass is 327 g/mol. The molecule has 0 saturated carbocycles. The lowest BCUT2D eigenvalue weighted by Crippen LogP contribution is -2.06. The molecular formula is C14H12BrF2NO. The van der Waals surface area contributed by atoms with E-state index >= 15 is 0 Å². The first-order valence-corrected chi connectivity index (χ1v) is 6.49. The Hall–Kier alpha value is -1.33. The summed E-state index contributed by atoms with van der Waals surface area (Å²) in [5.41, 5.74) is 1.17. The molecule has 0 amide bonds. The van der Waals surface area contributed by atoms with E-state index in [0.717, 1.165) is 16.1 Å². The number of halogens is 3. The fraction of sp³-hybridized carbons (Fsp3) is 0.214. The zero-order chi connectivity index (χ0) is 14.0. The van der Waals surface area contributed by atoms with Gasteiger partial charge in [-0.1, -0.05) is 0 Å². The molecule has 19 heavy (non-hydrogen) atoms. The lowest BCUT2D eigenvalue weighted by Gasteiger charge is -2.13. The summed E-state index contributed by atoms with van der Waals surface area (Å²) in [6, 6.07) is 3.93. The van der Waals surface area contributed by atoms with Gasteiger partial charge in [-0.15, -0.1) is 0 Å². The topological polar surface area (TPSA) is 33.1 Å². The molecule has 0 aliphatic carbocycles. The number of pyridine rings is 1. The molecule has 1 heterocycles. The first kappa shape index (κ1) is 14.1. The van der Waals surface area contributed by atoms with E-state index in [1.807, 2.05) is 0 Å². The van der Waals surface area contributed by atoms with Crippen LogP contribution in [0.4, 0.5) is 8.78 Å². The summed E-state index contributed by atoms with van der Waals surface area (Å²) in [7, 11) is 0. The van der Waals surface area contributed by atoms with Crippen LogP contribution in [0.2, 0.25) is 0 Å². The third kappa shape index (κ3) is 3.36. The minimum atomic E-state index is -1.03. The number of benzene rings is 1. The minimum absolute atomic E-state index is 0.0962. The van der Waals surface area contributed by atoms with E-state index in [1.165, 1.54) is 13.0 Å². The van der Waals surface area contributed by atoms with Gasteiger partial charge in [-0.05, 0) is 46.1 Å². The molecule has 0 radical (unpaired) electrons. The van der Waals surface area contributed by atoms with Crippen molar-refractivity contribution in [3.63, 3.8) is 0 Å². The van der Waals surface area contributed by atoms with Gasteiger partial charge >= 0.3 is 0 Å². The molecule has 0 saturated heterocycles. The quantitative estimate of drug-likeness (QED) is 0.932. The van der Waals surface area contributed by atoms with Crippen LogP contribution in [0, 0.1) is 18.6 Å². The van der Waals surface area contributed by atoms with Gasteiger partial charge in [0.1, 0.15) is 11.6 Å². The van der Waals surface area contributed by atoms with Crippen molar-refractivity contribution < 1.29 is 13.9 Å². The van der Waals surface area contributed by atoms with E-state index in [2.05, 4.69) is 20.9 Å². The number of nitrogens with zero attached hydrogens (tertiary/aromatic N) is 1. The number of hydrogen-bond acceptors (Lipinski definition) is 2. The summed E-state index contributed by atoms with van der Waals surface area (Å²) >= 11 is 3.28. The highest BCUT2D eigenvalue weighted by Gasteiger charge is 2.16. The molecule has 2 nitrogen and oxygen atoms in total. The zero-order valence-corrected chi connectivity index (χ0v) is 11.8. The van der Waals surface area contributed by atoms with Gasteiger partial charge in [0.25, 0.3) is 0 Å². The normalized spacial score (nSPS) is 12.5. The van der Waals surface area contributed by atoms with Gasteiger partial charge in [-0.2, -0.15) is 0 Å². The maximum atomic E-state index is 13.6. The molecule has 1 atom stereocenters. The van der Waals surface area contributed by atoms with Crippen molar-refractivity contribution >= 4 is 15.9 Å². The summed E-state index contributed by atoms with van der Waals surface area (Å²) in [6.07, 6.45) is 2.41. The van der Waals surface area contributed by atoms with Crippen LogP contribution in [0.25, 0.3) is 0 Å². The lowest BCUT2D eigenvalue weighted by atomic mass is 10.00. The first-order valence-electron chi connectivity index (χ1n) is 5.70. The Bertz CT molecular complexity index is 604. The van der Waals surface area contributed by atoms with Crippen LogP contribution in [0.3, 0.4) is 0 Å². The van der Waals surface area contributed by atoms with Crippen molar-refractivity contribution in [2.75, 3.05) is 0 Å². The van der Waals surface area contributed by atoms with E-state index in [9.17, 15) is 13.9 Å². The molecule has 1 unspecified atom stereocenters. The smallest absolute Gasteiger partial charge is 0.131 e. The minimum Gasteiger partial charge on any atom is -0.388 e. The summed E-state index contributed by atoms with van der Waals surface area (Å²) < 4.78 is 27.6. The lowest BCUT2D eigenvalue weighted by molar-refractivity contribution is 0.173. The predicted molar refractivity (Wildman–Crippen MR) is 71.7 cm³/mol. The van der Waals surface area contributed by atoms with Crippen LogP contribution < -0.4 is 0 Å².